The second-order valence-corrected chi connectivity index (χ2v) is 6.44. The fraction of sp³-hybridized carbons (Fsp3) is 0.0455. The number of hydrogen-bond donors (Lipinski definition) is 2. The average molecular weight is 372 g/mol. The van der Waals surface area contributed by atoms with Gasteiger partial charge < -0.3 is 10.1 Å². The number of carbonyl (C=O) groups excluding carboxylic acids is 3. The molecule has 0 saturated heterocycles. The third kappa shape index (κ3) is 3.48. The Morgan fingerprint density at radius 1 is 0.821 bits per heavy atom. The normalized spacial score (nSPS) is 12.3. The van der Waals surface area contributed by atoms with E-state index < -0.39 is 11.8 Å². The number of carbonyl (C=O) groups is 3. The highest BCUT2D eigenvalue weighted by molar-refractivity contribution is 6.22. The number of hydrogen-bond acceptors (Lipinski definition) is 4. The van der Waals surface area contributed by atoms with E-state index in [1.807, 2.05) is 31.2 Å². The quantitative estimate of drug-likeness (QED) is 0.680. The number of amides is 3. The summed E-state index contributed by atoms with van der Waals surface area (Å²) < 4.78 is 5.76. The molecular formula is C22H16N2O4. The number of aryl methyl sites for hydroxylation is 1. The lowest BCUT2D eigenvalue weighted by Crippen LogP contribution is -2.19. The first-order chi connectivity index (χ1) is 13.5. The Morgan fingerprint density at radius 3 is 2.11 bits per heavy atom. The lowest BCUT2D eigenvalue weighted by molar-refractivity contribution is 0.0879. The summed E-state index contributed by atoms with van der Waals surface area (Å²) in [6.07, 6.45) is 0. The van der Waals surface area contributed by atoms with Gasteiger partial charge in [0.1, 0.15) is 11.5 Å². The summed E-state index contributed by atoms with van der Waals surface area (Å²) in [5.41, 5.74) is 2.52. The Balaban J connectivity index is 1.45. The number of fused-ring (bicyclic) bond motifs is 1. The summed E-state index contributed by atoms with van der Waals surface area (Å²) in [6, 6.07) is 19.1. The Hall–Kier alpha value is -3.93. The lowest BCUT2D eigenvalue weighted by atomic mass is 10.1. The van der Waals surface area contributed by atoms with Gasteiger partial charge in [-0.25, -0.2) is 0 Å². The Morgan fingerprint density at radius 2 is 1.43 bits per heavy atom. The van der Waals surface area contributed by atoms with Gasteiger partial charge in [-0.1, -0.05) is 17.7 Å². The van der Waals surface area contributed by atoms with Crippen LogP contribution in [0.25, 0.3) is 0 Å². The number of ether oxygens (including phenoxy) is 1. The second kappa shape index (κ2) is 7.00. The maximum atomic E-state index is 12.5. The van der Waals surface area contributed by atoms with Crippen molar-refractivity contribution >= 4 is 23.4 Å². The highest BCUT2D eigenvalue weighted by atomic mass is 16.5. The van der Waals surface area contributed by atoms with Gasteiger partial charge in [-0.05, 0) is 61.5 Å². The van der Waals surface area contributed by atoms with Gasteiger partial charge in [0.05, 0.1) is 11.1 Å². The molecule has 0 aromatic heterocycles. The van der Waals surface area contributed by atoms with Crippen molar-refractivity contribution < 1.29 is 19.1 Å². The maximum Gasteiger partial charge on any atom is 0.258 e. The molecule has 1 aliphatic rings. The van der Waals surface area contributed by atoms with Crippen LogP contribution in [0.3, 0.4) is 0 Å². The highest BCUT2D eigenvalue weighted by Gasteiger charge is 2.27. The monoisotopic (exact) mass is 372 g/mol. The van der Waals surface area contributed by atoms with Crippen molar-refractivity contribution in [3.8, 4) is 11.5 Å². The molecule has 0 radical (unpaired) electrons. The van der Waals surface area contributed by atoms with Crippen LogP contribution in [-0.4, -0.2) is 17.7 Å². The van der Waals surface area contributed by atoms with E-state index in [0.29, 0.717) is 17.0 Å². The first-order valence-corrected chi connectivity index (χ1v) is 8.65. The van der Waals surface area contributed by atoms with Crippen LogP contribution in [-0.2, 0) is 0 Å². The molecule has 3 aromatic rings. The summed E-state index contributed by atoms with van der Waals surface area (Å²) in [4.78, 5) is 35.8. The predicted octanol–water partition coefficient (Wildman–Crippen LogP) is 3.92. The van der Waals surface area contributed by atoms with E-state index in [0.717, 1.165) is 11.3 Å². The molecule has 28 heavy (non-hydrogen) atoms. The molecule has 0 atom stereocenters. The molecule has 1 heterocycles. The van der Waals surface area contributed by atoms with Gasteiger partial charge in [0.15, 0.2) is 0 Å². The van der Waals surface area contributed by atoms with E-state index in [1.54, 1.807) is 24.3 Å². The van der Waals surface area contributed by atoms with E-state index in [2.05, 4.69) is 10.6 Å². The molecule has 3 aromatic carbocycles. The fourth-order valence-corrected chi connectivity index (χ4v) is 2.86. The molecular weight excluding hydrogens is 356 g/mol. The standard InChI is InChI=1S/C22H16N2O4/c1-13-2-7-16(8-3-13)28-17-9-5-15(6-10-17)23-20(25)14-4-11-18-19(12-14)22(27)24-21(18)26/h2-12H,1H3,(H,23,25)(H,24,26,27). The average Bonchev–Trinajstić information content (AvgIpc) is 2.98. The van der Waals surface area contributed by atoms with E-state index >= 15 is 0 Å². The van der Waals surface area contributed by atoms with Gasteiger partial charge in [0, 0.05) is 11.3 Å². The summed E-state index contributed by atoms with van der Waals surface area (Å²) in [5, 5.41) is 4.97. The van der Waals surface area contributed by atoms with Gasteiger partial charge in [0.2, 0.25) is 0 Å². The minimum atomic E-state index is -0.493. The summed E-state index contributed by atoms with van der Waals surface area (Å²) in [6.45, 7) is 2.01. The third-order valence-corrected chi connectivity index (χ3v) is 4.37. The van der Waals surface area contributed by atoms with Crippen LogP contribution in [0, 0.1) is 6.92 Å². The van der Waals surface area contributed by atoms with Crippen LogP contribution in [0.2, 0.25) is 0 Å². The minimum Gasteiger partial charge on any atom is -0.457 e. The van der Waals surface area contributed by atoms with Crippen LogP contribution >= 0.6 is 0 Å². The van der Waals surface area contributed by atoms with E-state index in [9.17, 15) is 14.4 Å². The van der Waals surface area contributed by atoms with Gasteiger partial charge in [-0.15, -0.1) is 0 Å². The molecule has 0 saturated carbocycles. The number of rotatable bonds is 4. The number of imide groups is 1. The van der Waals surface area contributed by atoms with Gasteiger partial charge in [-0.3, -0.25) is 19.7 Å². The zero-order valence-electron chi connectivity index (χ0n) is 15.0. The molecule has 4 rings (SSSR count). The predicted molar refractivity (Wildman–Crippen MR) is 104 cm³/mol. The van der Waals surface area contributed by atoms with Gasteiger partial charge in [-0.2, -0.15) is 0 Å². The Kier molecular flexibility index (Phi) is 4.37. The SMILES string of the molecule is Cc1ccc(Oc2ccc(NC(=O)c3ccc4c(c3)C(=O)NC4=O)cc2)cc1. The molecule has 2 N–H and O–H groups in total. The third-order valence-electron chi connectivity index (χ3n) is 4.37. The molecule has 0 unspecified atom stereocenters. The van der Waals surface area contributed by atoms with E-state index in [4.69, 9.17) is 4.74 Å². The van der Waals surface area contributed by atoms with Crippen LogP contribution in [0.4, 0.5) is 5.69 Å². The van der Waals surface area contributed by atoms with Crippen LogP contribution in [0.5, 0.6) is 11.5 Å². The first kappa shape index (κ1) is 17.5. The fourth-order valence-electron chi connectivity index (χ4n) is 2.86. The molecule has 138 valence electrons. The lowest BCUT2D eigenvalue weighted by Gasteiger charge is -2.09. The smallest absolute Gasteiger partial charge is 0.258 e. The van der Waals surface area contributed by atoms with Crippen molar-refractivity contribution in [3.63, 3.8) is 0 Å². The maximum absolute atomic E-state index is 12.5. The van der Waals surface area contributed by atoms with E-state index in [-0.39, 0.29) is 17.0 Å². The molecule has 6 nitrogen and oxygen atoms in total. The van der Waals surface area contributed by atoms with Crippen molar-refractivity contribution in [1.29, 1.82) is 0 Å². The van der Waals surface area contributed by atoms with Crippen molar-refractivity contribution in [2.45, 2.75) is 6.92 Å². The van der Waals surface area contributed by atoms with E-state index in [1.165, 1.54) is 18.2 Å². The topological polar surface area (TPSA) is 84.5 Å². The molecule has 0 spiro atoms. The Bertz CT molecular complexity index is 1090. The number of anilines is 1. The first-order valence-electron chi connectivity index (χ1n) is 8.65. The van der Waals surface area contributed by atoms with Crippen molar-refractivity contribution in [1.82, 2.24) is 5.32 Å². The van der Waals surface area contributed by atoms with Crippen molar-refractivity contribution in [2.75, 3.05) is 5.32 Å². The van der Waals surface area contributed by atoms with Crippen LogP contribution < -0.4 is 15.4 Å². The molecule has 0 aliphatic carbocycles. The van der Waals surface area contributed by atoms with Gasteiger partial charge >= 0.3 is 0 Å². The van der Waals surface area contributed by atoms with Crippen LogP contribution in [0.15, 0.2) is 66.7 Å². The zero-order valence-corrected chi connectivity index (χ0v) is 15.0. The molecule has 0 fully saturated rings. The molecule has 3 amide bonds. The highest BCUT2D eigenvalue weighted by Crippen LogP contribution is 2.24. The summed E-state index contributed by atoms with van der Waals surface area (Å²) in [5.74, 6) is 0.0634. The number of benzene rings is 3. The molecule has 6 heteroatoms. The van der Waals surface area contributed by atoms with Crippen molar-refractivity contribution in [2.24, 2.45) is 0 Å². The van der Waals surface area contributed by atoms with Gasteiger partial charge in [0.25, 0.3) is 17.7 Å². The minimum absolute atomic E-state index is 0.208. The van der Waals surface area contributed by atoms with Crippen LogP contribution in [0.1, 0.15) is 36.6 Å². The zero-order chi connectivity index (χ0) is 19.7. The number of nitrogens with one attached hydrogen (secondary N) is 2. The van der Waals surface area contributed by atoms with Crippen molar-refractivity contribution in [3.05, 3.63) is 89.0 Å². The summed E-state index contributed by atoms with van der Waals surface area (Å²) >= 11 is 0. The molecule has 1 aliphatic heterocycles. The largest absolute Gasteiger partial charge is 0.457 e. The Labute approximate surface area is 161 Å². The summed E-state index contributed by atoms with van der Waals surface area (Å²) in [7, 11) is 0. The second-order valence-electron chi connectivity index (χ2n) is 6.44. The molecule has 0 bridgehead atoms.